The molecule has 0 saturated carbocycles. The Bertz CT molecular complexity index is 1650. The van der Waals surface area contributed by atoms with Crippen molar-refractivity contribution in [2.75, 3.05) is 6.61 Å². The lowest BCUT2D eigenvalue weighted by atomic mass is 9.94. The van der Waals surface area contributed by atoms with Crippen LogP contribution in [-0.2, 0) is 32.1 Å². The third-order valence-corrected chi connectivity index (χ3v) is 6.50. The second kappa shape index (κ2) is 10.3. The van der Waals surface area contributed by atoms with E-state index in [1.165, 1.54) is 10.7 Å². The van der Waals surface area contributed by atoms with E-state index in [4.69, 9.17) is 9.47 Å². The molecule has 0 saturated heterocycles. The number of nitrogens with zero attached hydrogens (tertiary/aromatic N) is 4. The molecule has 0 bridgehead atoms. The SMILES string of the molecule is CCOC(=O)C(Cc1ccccc1)(OCc1[nH]nc2cc(-n3nnc4c(F)cc(Br)cc43)ccc12)C(=O)O. The van der Waals surface area contributed by atoms with E-state index in [9.17, 15) is 19.1 Å². The van der Waals surface area contributed by atoms with Gasteiger partial charge >= 0.3 is 11.9 Å². The Labute approximate surface area is 223 Å². The van der Waals surface area contributed by atoms with Gasteiger partial charge in [0.25, 0.3) is 5.60 Å². The number of carbonyl (C=O) groups is 2. The number of carbonyl (C=O) groups excluding carboxylic acids is 1. The highest BCUT2D eigenvalue weighted by Crippen LogP contribution is 2.28. The highest BCUT2D eigenvalue weighted by molar-refractivity contribution is 9.10. The van der Waals surface area contributed by atoms with Gasteiger partial charge in [-0.05, 0) is 42.8 Å². The van der Waals surface area contributed by atoms with E-state index in [1.807, 2.05) is 0 Å². The standard InChI is InChI=1S/C26H21BrFN5O5/c1-2-37-25(36)26(24(34)35,13-15-6-4-3-5-7-15)38-14-21-18-9-8-17(12-20(18)29-30-21)33-22-11-16(27)10-19(28)23(22)31-32-33/h3-12H,2,13-14H2,1H3,(H,29,30)(H,34,35). The molecule has 2 aromatic heterocycles. The number of rotatable bonds is 9. The molecule has 2 heterocycles. The summed E-state index contributed by atoms with van der Waals surface area (Å²) >= 11 is 3.29. The van der Waals surface area contributed by atoms with Crippen LogP contribution in [0.2, 0.25) is 0 Å². The Morgan fingerprint density at radius 2 is 1.95 bits per heavy atom. The van der Waals surface area contributed by atoms with Crippen LogP contribution in [0.3, 0.4) is 0 Å². The summed E-state index contributed by atoms with van der Waals surface area (Å²) in [6.45, 7) is 1.34. The zero-order valence-electron chi connectivity index (χ0n) is 20.0. The predicted octanol–water partition coefficient (Wildman–Crippen LogP) is 4.34. The first-order valence-electron chi connectivity index (χ1n) is 11.6. The third kappa shape index (κ3) is 4.63. The van der Waals surface area contributed by atoms with Crippen molar-refractivity contribution in [1.82, 2.24) is 25.2 Å². The number of esters is 1. The normalized spacial score (nSPS) is 13.0. The Hall–Kier alpha value is -4.16. The number of carboxylic acids is 1. The molecule has 1 unspecified atom stereocenters. The second-order valence-electron chi connectivity index (χ2n) is 8.46. The van der Waals surface area contributed by atoms with E-state index in [0.29, 0.717) is 37.8 Å². The van der Waals surface area contributed by atoms with Gasteiger partial charge in [0.15, 0.2) is 5.82 Å². The van der Waals surface area contributed by atoms with Crippen LogP contribution in [-0.4, -0.2) is 54.4 Å². The zero-order valence-corrected chi connectivity index (χ0v) is 21.6. The van der Waals surface area contributed by atoms with Gasteiger partial charge in [-0.25, -0.2) is 18.7 Å². The number of ether oxygens (including phenoxy) is 2. The summed E-state index contributed by atoms with van der Waals surface area (Å²) in [6.07, 6.45) is -0.219. The zero-order chi connectivity index (χ0) is 26.9. The number of hydrogen-bond donors (Lipinski definition) is 2. The van der Waals surface area contributed by atoms with E-state index in [1.54, 1.807) is 61.5 Å². The van der Waals surface area contributed by atoms with Gasteiger partial charge in [-0.15, -0.1) is 5.10 Å². The Morgan fingerprint density at radius 3 is 2.68 bits per heavy atom. The number of aliphatic carboxylic acids is 1. The van der Waals surface area contributed by atoms with Gasteiger partial charge in [0.2, 0.25) is 0 Å². The molecule has 5 aromatic rings. The molecule has 10 nitrogen and oxygen atoms in total. The summed E-state index contributed by atoms with van der Waals surface area (Å²) in [6, 6.07) is 17.0. The van der Waals surface area contributed by atoms with Crippen molar-refractivity contribution < 1.29 is 28.6 Å². The largest absolute Gasteiger partial charge is 0.479 e. The molecule has 12 heteroatoms. The fourth-order valence-corrected chi connectivity index (χ4v) is 4.59. The maximum absolute atomic E-state index is 14.3. The summed E-state index contributed by atoms with van der Waals surface area (Å²) < 4.78 is 27.2. The molecule has 0 aliphatic heterocycles. The first-order chi connectivity index (χ1) is 18.3. The van der Waals surface area contributed by atoms with Crippen LogP contribution in [0.15, 0.2) is 65.1 Å². The van der Waals surface area contributed by atoms with Crippen LogP contribution >= 0.6 is 15.9 Å². The molecule has 0 aliphatic rings. The lowest BCUT2D eigenvalue weighted by Crippen LogP contribution is -2.52. The average Bonchev–Trinajstić information content (AvgIpc) is 3.51. The van der Waals surface area contributed by atoms with Crippen molar-refractivity contribution in [3.8, 4) is 5.69 Å². The summed E-state index contributed by atoms with van der Waals surface area (Å²) in [4.78, 5) is 25.3. The van der Waals surface area contributed by atoms with E-state index < -0.39 is 23.4 Å². The van der Waals surface area contributed by atoms with Crippen LogP contribution in [0.4, 0.5) is 4.39 Å². The minimum atomic E-state index is -2.26. The van der Waals surface area contributed by atoms with Crippen molar-refractivity contribution in [3.63, 3.8) is 0 Å². The number of aromatic nitrogens is 5. The van der Waals surface area contributed by atoms with Crippen LogP contribution < -0.4 is 0 Å². The number of nitrogens with one attached hydrogen (secondary N) is 1. The number of hydrogen-bond acceptors (Lipinski definition) is 7. The van der Waals surface area contributed by atoms with E-state index in [0.717, 1.165) is 0 Å². The van der Waals surface area contributed by atoms with E-state index in [-0.39, 0.29) is 25.2 Å². The molecular formula is C26H21BrFN5O5. The lowest BCUT2D eigenvalue weighted by Gasteiger charge is -2.27. The second-order valence-corrected chi connectivity index (χ2v) is 9.38. The van der Waals surface area contributed by atoms with E-state index in [2.05, 4.69) is 36.4 Å². The quantitative estimate of drug-likeness (QED) is 0.194. The molecule has 0 amide bonds. The van der Waals surface area contributed by atoms with Gasteiger partial charge in [0.1, 0.15) is 5.52 Å². The number of fused-ring (bicyclic) bond motifs is 2. The molecule has 5 rings (SSSR count). The fraction of sp³-hybridized carbons (Fsp3) is 0.192. The minimum Gasteiger partial charge on any atom is -0.479 e. The van der Waals surface area contributed by atoms with Gasteiger partial charge in [0, 0.05) is 16.3 Å². The summed E-state index contributed by atoms with van der Waals surface area (Å²) in [7, 11) is 0. The maximum atomic E-state index is 14.3. The Kier molecular flexibility index (Phi) is 6.91. The minimum absolute atomic E-state index is 0.000777. The van der Waals surface area contributed by atoms with Crippen molar-refractivity contribution in [2.24, 2.45) is 0 Å². The van der Waals surface area contributed by atoms with Crippen LogP contribution in [0.5, 0.6) is 0 Å². The van der Waals surface area contributed by atoms with Crippen molar-refractivity contribution in [2.45, 2.75) is 25.6 Å². The fourth-order valence-electron chi connectivity index (χ4n) is 4.17. The van der Waals surface area contributed by atoms with E-state index >= 15 is 0 Å². The smallest absolute Gasteiger partial charge is 0.350 e. The molecule has 38 heavy (non-hydrogen) atoms. The number of benzene rings is 3. The molecule has 1 atom stereocenters. The van der Waals surface area contributed by atoms with Gasteiger partial charge in [-0.1, -0.05) is 51.5 Å². The summed E-state index contributed by atoms with van der Waals surface area (Å²) in [5, 5.41) is 25.9. The van der Waals surface area contributed by atoms with Crippen LogP contribution in [0, 0.1) is 5.82 Å². The third-order valence-electron chi connectivity index (χ3n) is 6.04. The van der Waals surface area contributed by atoms with Gasteiger partial charge in [-0.2, -0.15) is 5.10 Å². The monoisotopic (exact) mass is 581 g/mol. The first kappa shape index (κ1) is 25.5. The number of halogens is 2. The lowest BCUT2D eigenvalue weighted by molar-refractivity contribution is -0.189. The van der Waals surface area contributed by atoms with Crippen molar-refractivity contribution in [1.29, 1.82) is 0 Å². The average molecular weight is 582 g/mol. The van der Waals surface area contributed by atoms with Crippen LogP contribution in [0.1, 0.15) is 18.2 Å². The molecule has 194 valence electrons. The Morgan fingerprint density at radius 1 is 1.16 bits per heavy atom. The van der Waals surface area contributed by atoms with Crippen molar-refractivity contribution in [3.05, 3.63) is 82.2 Å². The predicted molar refractivity (Wildman–Crippen MR) is 138 cm³/mol. The number of H-pyrrole nitrogens is 1. The van der Waals surface area contributed by atoms with Gasteiger partial charge < -0.3 is 14.6 Å². The maximum Gasteiger partial charge on any atom is 0.350 e. The molecule has 0 radical (unpaired) electrons. The molecule has 2 N–H and O–H groups in total. The molecule has 0 aliphatic carbocycles. The van der Waals surface area contributed by atoms with Crippen molar-refractivity contribution >= 4 is 49.8 Å². The Balaban J connectivity index is 1.46. The summed E-state index contributed by atoms with van der Waals surface area (Å²) in [5.41, 5.74) is 0.527. The van der Waals surface area contributed by atoms with Gasteiger partial charge in [0.05, 0.1) is 35.6 Å². The first-order valence-corrected chi connectivity index (χ1v) is 12.4. The summed E-state index contributed by atoms with van der Waals surface area (Å²) in [5.74, 6) is -2.94. The highest BCUT2D eigenvalue weighted by Gasteiger charge is 2.49. The molecule has 0 fully saturated rings. The molecular weight excluding hydrogens is 561 g/mol. The highest BCUT2D eigenvalue weighted by atomic mass is 79.9. The number of carboxylic acid groups (broad SMARTS) is 1. The topological polar surface area (TPSA) is 132 Å². The van der Waals surface area contributed by atoms with Crippen LogP contribution in [0.25, 0.3) is 27.6 Å². The number of aromatic amines is 1. The molecule has 3 aromatic carbocycles. The molecule has 0 spiro atoms. The van der Waals surface area contributed by atoms with Gasteiger partial charge in [-0.3, -0.25) is 5.10 Å².